The zero-order valence-corrected chi connectivity index (χ0v) is 13.2. The lowest BCUT2D eigenvalue weighted by atomic mass is 10.1. The van der Waals surface area contributed by atoms with Crippen molar-refractivity contribution < 1.29 is 13.2 Å². The molecule has 8 heteroatoms. The Morgan fingerprint density at radius 3 is 2.42 bits per heavy atom. The van der Waals surface area contributed by atoms with Gasteiger partial charge in [0, 0.05) is 12.1 Å². The highest BCUT2D eigenvalue weighted by Crippen LogP contribution is 2.31. The monoisotopic (exact) mass is 326 g/mol. The van der Waals surface area contributed by atoms with E-state index in [2.05, 4.69) is 4.72 Å². The van der Waals surface area contributed by atoms with Crippen molar-refractivity contribution in [2.75, 3.05) is 19.5 Å². The summed E-state index contributed by atoms with van der Waals surface area (Å²) >= 11 is 11.7. The van der Waals surface area contributed by atoms with Crippen LogP contribution in [0.1, 0.15) is 13.8 Å². The van der Waals surface area contributed by atoms with E-state index in [4.69, 9.17) is 33.7 Å². The molecule has 5 nitrogen and oxygen atoms in total. The van der Waals surface area contributed by atoms with Gasteiger partial charge >= 0.3 is 0 Å². The molecule has 1 rings (SSSR count). The molecule has 0 atom stereocenters. The first kappa shape index (κ1) is 16.5. The van der Waals surface area contributed by atoms with Gasteiger partial charge in [0.2, 0.25) is 10.0 Å². The van der Waals surface area contributed by atoms with Gasteiger partial charge in [0.15, 0.2) is 0 Å². The maximum atomic E-state index is 12.3. The van der Waals surface area contributed by atoms with E-state index in [0.717, 1.165) is 0 Å². The Kier molecular flexibility index (Phi) is 5.08. The fourth-order valence-electron chi connectivity index (χ4n) is 1.67. The molecule has 0 saturated carbocycles. The molecular weight excluding hydrogens is 311 g/mol. The van der Waals surface area contributed by atoms with Crippen LogP contribution >= 0.6 is 23.2 Å². The van der Waals surface area contributed by atoms with Crippen molar-refractivity contribution in [3.63, 3.8) is 0 Å². The van der Waals surface area contributed by atoms with Crippen LogP contribution in [0, 0.1) is 0 Å². The zero-order valence-electron chi connectivity index (χ0n) is 10.8. The Bertz CT molecular complexity index is 550. The molecule has 0 saturated heterocycles. The fraction of sp³-hybridized carbons (Fsp3) is 0.455. The summed E-state index contributed by atoms with van der Waals surface area (Å²) in [6, 6.07) is 2.67. The SMILES string of the molecule is COCC(C)(C)NS(=O)(=O)c1c(N)cc(Cl)cc1Cl. The number of nitrogens with one attached hydrogen (secondary N) is 1. The van der Waals surface area contributed by atoms with E-state index in [9.17, 15) is 8.42 Å². The summed E-state index contributed by atoms with van der Waals surface area (Å²) in [5, 5.41) is 0.253. The molecule has 0 aliphatic carbocycles. The number of anilines is 1. The number of hydrogen-bond acceptors (Lipinski definition) is 4. The van der Waals surface area contributed by atoms with E-state index in [1.807, 2.05) is 0 Å². The summed E-state index contributed by atoms with van der Waals surface area (Å²) < 4.78 is 32.0. The molecule has 0 aliphatic heterocycles. The van der Waals surface area contributed by atoms with Crippen molar-refractivity contribution in [2.45, 2.75) is 24.3 Å². The summed E-state index contributed by atoms with van der Waals surface area (Å²) in [7, 11) is -2.38. The van der Waals surface area contributed by atoms with Crippen LogP contribution < -0.4 is 10.5 Å². The van der Waals surface area contributed by atoms with Gasteiger partial charge in [-0.15, -0.1) is 0 Å². The molecule has 1 aromatic carbocycles. The van der Waals surface area contributed by atoms with Gasteiger partial charge in [-0.3, -0.25) is 0 Å². The van der Waals surface area contributed by atoms with Crippen LogP contribution in [-0.2, 0) is 14.8 Å². The summed E-state index contributed by atoms with van der Waals surface area (Å²) in [6.45, 7) is 3.58. The quantitative estimate of drug-likeness (QED) is 0.813. The normalized spacial score (nSPS) is 12.7. The van der Waals surface area contributed by atoms with E-state index < -0.39 is 15.6 Å². The van der Waals surface area contributed by atoms with Gasteiger partial charge in [-0.2, -0.15) is 0 Å². The Hall–Kier alpha value is -0.530. The lowest BCUT2D eigenvalue weighted by Gasteiger charge is -2.25. The molecule has 0 bridgehead atoms. The van der Waals surface area contributed by atoms with Crippen molar-refractivity contribution in [1.82, 2.24) is 4.72 Å². The smallest absolute Gasteiger partial charge is 0.244 e. The average molecular weight is 327 g/mol. The van der Waals surface area contributed by atoms with Gasteiger partial charge in [0.05, 0.1) is 22.9 Å². The lowest BCUT2D eigenvalue weighted by molar-refractivity contribution is 0.141. The highest BCUT2D eigenvalue weighted by atomic mass is 35.5. The number of sulfonamides is 1. The minimum absolute atomic E-state index is 0.00165. The Morgan fingerprint density at radius 2 is 1.95 bits per heavy atom. The molecule has 0 spiro atoms. The molecule has 108 valence electrons. The highest BCUT2D eigenvalue weighted by molar-refractivity contribution is 7.89. The van der Waals surface area contributed by atoms with Crippen LogP contribution in [0.25, 0.3) is 0 Å². The number of nitrogens with two attached hydrogens (primary N) is 1. The molecule has 0 aliphatic rings. The Labute approximate surface area is 123 Å². The molecule has 0 unspecified atom stereocenters. The largest absolute Gasteiger partial charge is 0.398 e. The van der Waals surface area contributed by atoms with Crippen molar-refractivity contribution in [3.8, 4) is 0 Å². The van der Waals surface area contributed by atoms with Crippen molar-refractivity contribution in [2.24, 2.45) is 0 Å². The first-order valence-corrected chi connectivity index (χ1v) is 7.60. The highest BCUT2D eigenvalue weighted by Gasteiger charge is 2.29. The second-order valence-corrected chi connectivity index (χ2v) is 7.19. The zero-order chi connectivity index (χ0) is 14.8. The molecule has 0 heterocycles. The minimum Gasteiger partial charge on any atom is -0.398 e. The average Bonchev–Trinajstić information content (AvgIpc) is 2.11. The molecule has 0 amide bonds. The number of halogens is 2. The number of ether oxygens (including phenoxy) is 1. The maximum absolute atomic E-state index is 12.3. The summed E-state index contributed by atoms with van der Waals surface area (Å²) in [4.78, 5) is -0.178. The van der Waals surface area contributed by atoms with Crippen molar-refractivity contribution in [3.05, 3.63) is 22.2 Å². The number of rotatable bonds is 5. The Balaban J connectivity index is 3.22. The molecule has 19 heavy (non-hydrogen) atoms. The summed E-state index contributed by atoms with van der Waals surface area (Å²) in [5.41, 5.74) is 4.89. The minimum atomic E-state index is -3.86. The third-order valence-electron chi connectivity index (χ3n) is 2.22. The van der Waals surface area contributed by atoms with Gasteiger partial charge in [0.25, 0.3) is 0 Å². The Morgan fingerprint density at radius 1 is 1.37 bits per heavy atom. The topological polar surface area (TPSA) is 81.4 Å². The molecule has 0 fully saturated rings. The van der Waals surface area contributed by atoms with E-state index in [-0.39, 0.29) is 27.2 Å². The van der Waals surface area contributed by atoms with E-state index in [0.29, 0.717) is 0 Å². The predicted octanol–water partition coefficient (Wildman–Crippen LogP) is 2.28. The van der Waals surface area contributed by atoms with Gasteiger partial charge in [-0.25, -0.2) is 13.1 Å². The molecular formula is C11H16Cl2N2O3S. The summed E-state index contributed by atoms with van der Waals surface area (Å²) in [5.74, 6) is 0. The van der Waals surface area contributed by atoms with E-state index in [1.54, 1.807) is 13.8 Å². The van der Waals surface area contributed by atoms with E-state index in [1.165, 1.54) is 19.2 Å². The number of methoxy groups -OCH3 is 1. The standard InChI is InChI=1S/C11H16Cl2N2O3S/c1-11(2,6-18-3)15-19(16,17)10-8(13)4-7(12)5-9(10)14/h4-5,15H,6,14H2,1-3H3. The van der Waals surface area contributed by atoms with Crippen LogP contribution in [0.2, 0.25) is 10.0 Å². The molecule has 1 aromatic rings. The third-order valence-corrected chi connectivity index (χ3v) is 4.66. The van der Waals surface area contributed by atoms with Crippen LogP contribution in [0.5, 0.6) is 0 Å². The van der Waals surface area contributed by atoms with Crippen LogP contribution in [-0.4, -0.2) is 27.7 Å². The first-order chi connectivity index (χ1) is 8.59. The van der Waals surface area contributed by atoms with Gasteiger partial charge in [-0.1, -0.05) is 23.2 Å². The van der Waals surface area contributed by atoms with Crippen molar-refractivity contribution >= 4 is 38.9 Å². The van der Waals surface area contributed by atoms with Gasteiger partial charge in [0.1, 0.15) is 4.90 Å². The van der Waals surface area contributed by atoms with Crippen LogP contribution in [0.3, 0.4) is 0 Å². The predicted molar refractivity (Wildman–Crippen MR) is 77.2 cm³/mol. The number of nitrogen functional groups attached to an aromatic ring is 1. The molecule has 0 radical (unpaired) electrons. The summed E-state index contributed by atoms with van der Waals surface area (Å²) in [6.07, 6.45) is 0. The first-order valence-electron chi connectivity index (χ1n) is 5.36. The number of benzene rings is 1. The third kappa shape index (κ3) is 4.22. The lowest BCUT2D eigenvalue weighted by Crippen LogP contribution is -2.46. The van der Waals surface area contributed by atoms with Gasteiger partial charge in [-0.05, 0) is 26.0 Å². The second kappa shape index (κ2) is 5.85. The second-order valence-electron chi connectivity index (χ2n) is 4.73. The molecule has 3 N–H and O–H groups in total. The van der Waals surface area contributed by atoms with Crippen LogP contribution in [0.4, 0.5) is 5.69 Å². The van der Waals surface area contributed by atoms with Crippen LogP contribution in [0.15, 0.2) is 17.0 Å². The van der Waals surface area contributed by atoms with Gasteiger partial charge < -0.3 is 10.5 Å². The van der Waals surface area contributed by atoms with E-state index >= 15 is 0 Å². The molecule has 0 aromatic heterocycles. The van der Waals surface area contributed by atoms with Crippen molar-refractivity contribution in [1.29, 1.82) is 0 Å². The maximum Gasteiger partial charge on any atom is 0.244 e. The fourth-order valence-corrected chi connectivity index (χ4v) is 4.06. The number of hydrogen-bond donors (Lipinski definition) is 2.